The topological polar surface area (TPSA) is 67.9 Å². The third-order valence-corrected chi connectivity index (χ3v) is 4.32. The van der Waals surface area contributed by atoms with Gasteiger partial charge >= 0.3 is 6.09 Å². The number of likely N-dealkylation sites (tertiary alicyclic amines) is 1. The van der Waals surface area contributed by atoms with Crippen LogP contribution < -0.4 is 10.1 Å². The number of ether oxygens (including phenoxy) is 2. The number of hydrogen-bond donors (Lipinski definition) is 1. The van der Waals surface area contributed by atoms with Crippen LogP contribution in [-0.4, -0.2) is 48.7 Å². The number of carbonyl (C=O) groups is 2. The van der Waals surface area contributed by atoms with Crippen LogP contribution in [0.15, 0.2) is 24.3 Å². The molecule has 148 valence electrons. The molecule has 1 aliphatic rings. The highest BCUT2D eigenvalue weighted by Gasteiger charge is 2.25. The Hall–Kier alpha value is -2.50. The second kappa shape index (κ2) is 8.93. The van der Waals surface area contributed by atoms with Crippen LogP contribution in [-0.2, 0) is 9.53 Å². The predicted octanol–water partition coefficient (Wildman–Crippen LogP) is 3.53. The zero-order valence-electron chi connectivity index (χ0n) is 16.9. The largest absolute Gasteiger partial charge is 0.496 e. The first kappa shape index (κ1) is 20.8. The Morgan fingerprint density at radius 2 is 1.89 bits per heavy atom. The van der Waals surface area contributed by atoms with E-state index in [4.69, 9.17) is 9.47 Å². The van der Waals surface area contributed by atoms with Crippen LogP contribution in [0.1, 0.15) is 44.7 Å². The lowest BCUT2D eigenvalue weighted by Gasteiger charge is -2.32. The molecule has 0 unspecified atom stereocenters. The molecule has 1 aromatic rings. The molecule has 1 saturated heterocycles. The smallest absolute Gasteiger partial charge is 0.407 e. The Bertz CT molecular complexity index is 699. The highest BCUT2D eigenvalue weighted by Crippen LogP contribution is 2.21. The summed E-state index contributed by atoms with van der Waals surface area (Å²) in [5.74, 6) is 0.708. The molecular formula is C21H30N2O4. The van der Waals surface area contributed by atoms with Crippen molar-refractivity contribution in [3.63, 3.8) is 0 Å². The number of benzene rings is 1. The normalized spacial score (nSPS) is 15.7. The minimum Gasteiger partial charge on any atom is -0.496 e. The van der Waals surface area contributed by atoms with E-state index in [9.17, 15) is 9.59 Å². The van der Waals surface area contributed by atoms with Gasteiger partial charge in [-0.1, -0.05) is 11.6 Å². The van der Waals surface area contributed by atoms with Crippen molar-refractivity contribution >= 4 is 18.1 Å². The molecule has 1 aliphatic heterocycles. The molecule has 0 aliphatic carbocycles. The van der Waals surface area contributed by atoms with E-state index in [1.807, 2.05) is 45.9 Å². The molecule has 0 atom stereocenters. The number of carbonyl (C=O) groups excluding carboxylic acids is 2. The average molecular weight is 374 g/mol. The van der Waals surface area contributed by atoms with Crippen molar-refractivity contribution < 1.29 is 19.1 Å². The Balaban J connectivity index is 1.86. The van der Waals surface area contributed by atoms with Gasteiger partial charge in [0.1, 0.15) is 11.4 Å². The lowest BCUT2D eigenvalue weighted by atomic mass is 10.0. The Morgan fingerprint density at radius 1 is 1.22 bits per heavy atom. The summed E-state index contributed by atoms with van der Waals surface area (Å²) < 4.78 is 10.6. The molecule has 0 aromatic heterocycles. The lowest BCUT2D eigenvalue weighted by molar-refractivity contribution is -0.127. The molecule has 6 nitrogen and oxygen atoms in total. The molecule has 1 N–H and O–H groups in total. The fourth-order valence-corrected chi connectivity index (χ4v) is 2.97. The van der Waals surface area contributed by atoms with Gasteiger partial charge in [0.05, 0.1) is 7.11 Å². The maximum Gasteiger partial charge on any atom is 0.407 e. The number of piperidine rings is 1. The zero-order chi connectivity index (χ0) is 20.0. The Kier molecular flexibility index (Phi) is 6.88. The number of alkyl carbamates (subject to hydrolysis) is 1. The van der Waals surface area contributed by atoms with Gasteiger partial charge in [-0.2, -0.15) is 0 Å². The van der Waals surface area contributed by atoms with Gasteiger partial charge in [-0.25, -0.2) is 4.79 Å². The number of nitrogens with zero attached hydrogens (tertiary/aromatic N) is 1. The second-order valence-corrected chi connectivity index (χ2v) is 7.82. The zero-order valence-corrected chi connectivity index (χ0v) is 16.9. The fraction of sp³-hybridized carbons (Fsp3) is 0.524. The SMILES string of the molecule is COc1ccc(C)cc1/C=C/C(=O)N1CCC(NC(=O)OC(C)(C)C)CC1. The van der Waals surface area contributed by atoms with Crippen molar-refractivity contribution in [1.82, 2.24) is 10.2 Å². The summed E-state index contributed by atoms with van der Waals surface area (Å²) in [6.07, 6.45) is 4.40. The van der Waals surface area contributed by atoms with Crippen molar-refractivity contribution in [2.45, 2.75) is 52.2 Å². The van der Waals surface area contributed by atoms with Gasteiger partial charge in [0.25, 0.3) is 0 Å². The van der Waals surface area contributed by atoms with Crippen LogP contribution in [0.2, 0.25) is 0 Å². The summed E-state index contributed by atoms with van der Waals surface area (Å²) in [5, 5.41) is 2.88. The molecule has 1 aromatic carbocycles. The Labute approximate surface area is 161 Å². The molecule has 0 saturated carbocycles. The fourth-order valence-electron chi connectivity index (χ4n) is 2.97. The first-order valence-corrected chi connectivity index (χ1v) is 9.29. The number of aryl methyl sites for hydroxylation is 1. The van der Waals surface area contributed by atoms with Gasteiger partial charge in [0.15, 0.2) is 0 Å². The lowest BCUT2D eigenvalue weighted by Crippen LogP contribution is -2.47. The van der Waals surface area contributed by atoms with Crippen LogP contribution in [0.3, 0.4) is 0 Å². The predicted molar refractivity (Wildman–Crippen MR) is 106 cm³/mol. The molecule has 27 heavy (non-hydrogen) atoms. The molecule has 0 spiro atoms. The van der Waals surface area contributed by atoms with Gasteiger partial charge in [0, 0.05) is 30.8 Å². The minimum absolute atomic E-state index is 0.0322. The number of hydrogen-bond acceptors (Lipinski definition) is 4. The van der Waals surface area contributed by atoms with Crippen LogP contribution >= 0.6 is 0 Å². The van der Waals surface area contributed by atoms with Crippen LogP contribution in [0.5, 0.6) is 5.75 Å². The summed E-state index contributed by atoms with van der Waals surface area (Å²) in [6.45, 7) is 8.72. The number of methoxy groups -OCH3 is 1. The van der Waals surface area contributed by atoms with Crippen LogP contribution in [0.25, 0.3) is 6.08 Å². The monoisotopic (exact) mass is 374 g/mol. The molecule has 0 radical (unpaired) electrons. The van der Waals surface area contributed by atoms with Crippen molar-refractivity contribution in [1.29, 1.82) is 0 Å². The van der Waals surface area contributed by atoms with Gasteiger partial charge in [-0.3, -0.25) is 4.79 Å². The first-order valence-electron chi connectivity index (χ1n) is 9.29. The van der Waals surface area contributed by atoms with Gasteiger partial charge in [-0.15, -0.1) is 0 Å². The second-order valence-electron chi connectivity index (χ2n) is 7.82. The van der Waals surface area contributed by atoms with E-state index in [1.54, 1.807) is 24.2 Å². The van der Waals surface area contributed by atoms with Gasteiger partial charge < -0.3 is 19.7 Å². The summed E-state index contributed by atoms with van der Waals surface area (Å²) in [6, 6.07) is 5.89. The minimum atomic E-state index is -0.512. The molecule has 0 bridgehead atoms. The molecule has 1 heterocycles. The summed E-state index contributed by atoms with van der Waals surface area (Å²) in [5.41, 5.74) is 1.48. The number of nitrogens with one attached hydrogen (secondary N) is 1. The van der Waals surface area contributed by atoms with Crippen LogP contribution in [0.4, 0.5) is 4.79 Å². The highest BCUT2D eigenvalue weighted by molar-refractivity contribution is 5.92. The van der Waals surface area contributed by atoms with Crippen molar-refractivity contribution in [2.75, 3.05) is 20.2 Å². The highest BCUT2D eigenvalue weighted by atomic mass is 16.6. The van der Waals surface area contributed by atoms with Gasteiger partial charge in [0.2, 0.25) is 5.91 Å². The molecular weight excluding hydrogens is 344 g/mol. The number of rotatable bonds is 4. The molecule has 2 amide bonds. The first-order chi connectivity index (χ1) is 12.7. The van der Waals surface area contributed by atoms with E-state index in [0.717, 1.165) is 16.9 Å². The average Bonchev–Trinajstić information content (AvgIpc) is 2.58. The van der Waals surface area contributed by atoms with E-state index < -0.39 is 11.7 Å². The third-order valence-electron chi connectivity index (χ3n) is 4.32. The van der Waals surface area contributed by atoms with Crippen molar-refractivity contribution in [3.05, 3.63) is 35.4 Å². The van der Waals surface area contributed by atoms with E-state index in [1.165, 1.54) is 0 Å². The summed E-state index contributed by atoms with van der Waals surface area (Å²) in [4.78, 5) is 26.1. The van der Waals surface area contributed by atoms with E-state index in [2.05, 4.69) is 5.32 Å². The maximum absolute atomic E-state index is 12.5. The molecule has 6 heteroatoms. The maximum atomic E-state index is 12.5. The van der Waals surface area contributed by atoms with Crippen molar-refractivity contribution in [3.8, 4) is 5.75 Å². The summed E-state index contributed by atoms with van der Waals surface area (Å²) >= 11 is 0. The van der Waals surface area contributed by atoms with Gasteiger partial charge in [-0.05, 0) is 58.7 Å². The summed E-state index contributed by atoms with van der Waals surface area (Å²) in [7, 11) is 1.62. The van der Waals surface area contributed by atoms with E-state index in [-0.39, 0.29) is 11.9 Å². The molecule has 2 rings (SSSR count). The quantitative estimate of drug-likeness (QED) is 0.819. The Morgan fingerprint density at radius 3 is 2.48 bits per heavy atom. The molecule has 1 fully saturated rings. The third kappa shape index (κ3) is 6.62. The van der Waals surface area contributed by atoms with E-state index in [0.29, 0.717) is 25.9 Å². The van der Waals surface area contributed by atoms with Crippen molar-refractivity contribution in [2.24, 2.45) is 0 Å². The number of amides is 2. The van der Waals surface area contributed by atoms with Crippen LogP contribution in [0, 0.1) is 6.92 Å². The van der Waals surface area contributed by atoms with E-state index >= 15 is 0 Å². The standard InChI is InChI=1S/C21H30N2O4/c1-15-6-8-18(26-5)16(14-15)7-9-19(24)23-12-10-17(11-13-23)22-20(25)27-21(2,3)4/h6-9,14,17H,10-13H2,1-5H3,(H,22,25)/b9-7+.